The van der Waals surface area contributed by atoms with Crippen LogP contribution in [0.25, 0.3) is 0 Å². The number of carbonyl (C=O) groups excluding carboxylic acids is 2. The summed E-state index contributed by atoms with van der Waals surface area (Å²) in [6.07, 6.45) is 0.185. The molecule has 0 aliphatic carbocycles. The normalized spacial score (nSPS) is 16.8. The third-order valence-electron chi connectivity index (χ3n) is 4.71. The highest BCUT2D eigenvalue weighted by molar-refractivity contribution is 6.04. The number of ether oxygens (including phenoxy) is 1. The maximum atomic E-state index is 12.7. The van der Waals surface area contributed by atoms with Crippen molar-refractivity contribution in [3.05, 3.63) is 35.7 Å². The van der Waals surface area contributed by atoms with Gasteiger partial charge in [-0.1, -0.05) is 12.1 Å². The molecular weight excluding hydrogens is 332 g/mol. The highest BCUT2D eigenvalue weighted by atomic mass is 16.5. The second-order valence-corrected chi connectivity index (χ2v) is 6.46. The van der Waals surface area contributed by atoms with E-state index < -0.39 is 5.92 Å². The summed E-state index contributed by atoms with van der Waals surface area (Å²) >= 11 is 0. The highest BCUT2D eigenvalue weighted by Crippen LogP contribution is 2.33. The van der Waals surface area contributed by atoms with E-state index in [1.54, 1.807) is 9.58 Å². The molecule has 3 rings (SSSR count). The van der Waals surface area contributed by atoms with E-state index in [0.29, 0.717) is 24.6 Å². The number of hydrogen-bond acceptors (Lipinski definition) is 4. The molecule has 1 unspecified atom stereocenters. The maximum absolute atomic E-state index is 12.7. The lowest BCUT2D eigenvalue weighted by Gasteiger charge is -2.20. The molecule has 1 aromatic heterocycles. The minimum atomic E-state index is -0.406. The van der Waals surface area contributed by atoms with Gasteiger partial charge in [-0.05, 0) is 32.9 Å². The molecule has 1 N–H and O–H groups in total. The standard InChI is InChI=1S/C19H24N4O3/c1-5-26-16-9-7-6-8-15(16)23-11-14(10-17(23)24)19(25)20-18-12(2)21-22(4)13(18)3/h6-9,14H,5,10-11H2,1-4H3,(H,20,25). The van der Waals surface area contributed by atoms with E-state index in [0.717, 1.165) is 17.1 Å². The molecule has 1 aliphatic heterocycles. The molecule has 26 heavy (non-hydrogen) atoms. The second-order valence-electron chi connectivity index (χ2n) is 6.46. The Bertz CT molecular complexity index is 843. The van der Waals surface area contributed by atoms with Crippen molar-refractivity contribution < 1.29 is 14.3 Å². The van der Waals surface area contributed by atoms with Crippen molar-refractivity contribution in [3.8, 4) is 5.75 Å². The molecule has 2 aromatic rings. The number of nitrogens with one attached hydrogen (secondary N) is 1. The Morgan fingerprint density at radius 3 is 2.73 bits per heavy atom. The topological polar surface area (TPSA) is 76.5 Å². The van der Waals surface area contributed by atoms with Gasteiger partial charge in [-0.2, -0.15) is 5.10 Å². The van der Waals surface area contributed by atoms with E-state index >= 15 is 0 Å². The van der Waals surface area contributed by atoms with Gasteiger partial charge in [0.05, 0.1) is 35.3 Å². The van der Waals surface area contributed by atoms with Crippen LogP contribution in [0.4, 0.5) is 11.4 Å². The van der Waals surface area contributed by atoms with Crippen molar-refractivity contribution >= 4 is 23.2 Å². The molecule has 2 heterocycles. The second kappa shape index (κ2) is 7.19. The number of hydrogen-bond donors (Lipinski definition) is 1. The first-order valence-electron chi connectivity index (χ1n) is 8.75. The maximum Gasteiger partial charge on any atom is 0.229 e. The van der Waals surface area contributed by atoms with Gasteiger partial charge in [-0.3, -0.25) is 14.3 Å². The Balaban J connectivity index is 1.76. The Labute approximate surface area is 152 Å². The van der Waals surface area contributed by atoms with Crippen LogP contribution in [0.3, 0.4) is 0 Å². The number of anilines is 2. The van der Waals surface area contributed by atoms with Crippen LogP contribution in [0.1, 0.15) is 24.7 Å². The van der Waals surface area contributed by atoms with Crippen LogP contribution >= 0.6 is 0 Å². The van der Waals surface area contributed by atoms with Crippen molar-refractivity contribution in [1.82, 2.24) is 9.78 Å². The van der Waals surface area contributed by atoms with Gasteiger partial charge in [0.1, 0.15) is 5.75 Å². The van der Waals surface area contributed by atoms with Gasteiger partial charge in [-0.15, -0.1) is 0 Å². The van der Waals surface area contributed by atoms with Crippen molar-refractivity contribution in [1.29, 1.82) is 0 Å². The number of aryl methyl sites for hydroxylation is 2. The number of nitrogens with zero attached hydrogens (tertiary/aromatic N) is 3. The molecule has 1 atom stereocenters. The first kappa shape index (κ1) is 18.0. The van der Waals surface area contributed by atoms with Gasteiger partial charge < -0.3 is 15.0 Å². The average Bonchev–Trinajstić information content (AvgIpc) is 3.11. The molecule has 0 bridgehead atoms. The van der Waals surface area contributed by atoms with Crippen LogP contribution in [0.5, 0.6) is 5.75 Å². The fourth-order valence-electron chi connectivity index (χ4n) is 3.25. The predicted molar refractivity (Wildman–Crippen MR) is 99.4 cm³/mol. The van der Waals surface area contributed by atoms with Crippen molar-refractivity contribution in [2.45, 2.75) is 27.2 Å². The first-order chi connectivity index (χ1) is 12.4. The number of para-hydroxylation sites is 2. The quantitative estimate of drug-likeness (QED) is 0.893. The summed E-state index contributed by atoms with van der Waals surface area (Å²) in [7, 11) is 1.84. The molecule has 7 heteroatoms. The summed E-state index contributed by atoms with van der Waals surface area (Å²) in [5.41, 5.74) is 3.08. The zero-order chi connectivity index (χ0) is 18.8. The van der Waals surface area contributed by atoms with Crippen molar-refractivity contribution in [2.24, 2.45) is 13.0 Å². The lowest BCUT2D eigenvalue weighted by atomic mass is 10.1. The first-order valence-corrected chi connectivity index (χ1v) is 8.75. The average molecular weight is 356 g/mol. The van der Waals surface area contributed by atoms with Crippen LogP contribution in [-0.2, 0) is 16.6 Å². The smallest absolute Gasteiger partial charge is 0.229 e. The molecule has 1 fully saturated rings. The number of rotatable bonds is 5. The lowest BCUT2D eigenvalue weighted by molar-refractivity contribution is -0.122. The van der Waals surface area contributed by atoms with E-state index in [1.807, 2.05) is 52.1 Å². The van der Waals surface area contributed by atoms with Crippen LogP contribution < -0.4 is 15.0 Å². The van der Waals surface area contributed by atoms with Crippen molar-refractivity contribution in [2.75, 3.05) is 23.4 Å². The van der Waals surface area contributed by atoms with Crippen LogP contribution in [0.15, 0.2) is 24.3 Å². The summed E-state index contributed by atoms with van der Waals surface area (Å²) in [6.45, 7) is 6.51. The zero-order valence-corrected chi connectivity index (χ0v) is 15.6. The predicted octanol–water partition coefficient (Wildman–Crippen LogP) is 2.43. The molecule has 0 spiro atoms. The summed E-state index contributed by atoms with van der Waals surface area (Å²) in [5, 5.41) is 7.25. The molecular formula is C19H24N4O3. The number of aromatic nitrogens is 2. The molecule has 0 radical (unpaired) electrons. The number of carbonyl (C=O) groups is 2. The van der Waals surface area contributed by atoms with E-state index in [2.05, 4.69) is 10.4 Å². The van der Waals surface area contributed by atoms with Gasteiger partial charge in [0, 0.05) is 20.0 Å². The molecule has 7 nitrogen and oxygen atoms in total. The SMILES string of the molecule is CCOc1ccccc1N1CC(C(=O)Nc2c(C)nn(C)c2C)CC1=O. The Morgan fingerprint density at radius 1 is 1.35 bits per heavy atom. The number of benzene rings is 1. The fraction of sp³-hybridized carbons (Fsp3) is 0.421. The van der Waals surface area contributed by atoms with Crippen LogP contribution in [0, 0.1) is 19.8 Å². The molecule has 1 saturated heterocycles. The lowest BCUT2D eigenvalue weighted by Crippen LogP contribution is -2.28. The van der Waals surface area contributed by atoms with Gasteiger partial charge in [-0.25, -0.2) is 0 Å². The van der Waals surface area contributed by atoms with Gasteiger partial charge in [0.25, 0.3) is 0 Å². The van der Waals surface area contributed by atoms with E-state index in [9.17, 15) is 9.59 Å². The van der Waals surface area contributed by atoms with Gasteiger partial charge >= 0.3 is 0 Å². The summed E-state index contributed by atoms with van der Waals surface area (Å²) in [6, 6.07) is 7.41. The van der Waals surface area contributed by atoms with E-state index in [4.69, 9.17) is 4.74 Å². The van der Waals surface area contributed by atoms with Gasteiger partial charge in [0.2, 0.25) is 11.8 Å². The highest BCUT2D eigenvalue weighted by Gasteiger charge is 2.36. The molecule has 138 valence electrons. The van der Waals surface area contributed by atoms with E-state index in [1.165, 1.54) is 0 Å². The molecule has 2 amide bonds. The van der Waals surface area contributed by atoms with E-state index in [-0.39, 0.29) is 18.2 Å². The van der Waals surface area contributed by atoms with Crippen LogP contribution in [-0.4, -0.2) is 34.7 Å². The Kier molecular flexibility index (Phi) is 4.97. The van der Waals surface area contributed by atoms with Gasteiger partial charge in [0.15, 0.2) is 0 Å². The summed E-state index contributed by atoms with van der Waals surface area (Å²) < 4.78 is 7.35. The monoisotopic (exact) mass is 356 g/mol. The molecule has 1 aromatic carbocycles. The van der Waals surface area contributed by atoms with Crippen LogP contribution in [0.2, 0.25) is 0 Å². The number of amides is 2. The summed E-state index contributed by atoms with van der Waals surface area (Å²) in [5.74, 6) is 0.0189. The fourth-order valence-corrected chi connectivity index (χ4v) is 3.25. The summed E-state index contributed by atoms with van der Waals surface area (Å²) in [4.78, 5) is 26.9. The van der Waals surface area contributed by atoms with Crippen molar-refractivity contribution in [3.63, 3.8) is 0 Å². The Hall–Kier alpha value is -2.83. The zero-order valence-electron chi connectivity index (χ0n) is 15.6. The molecule has 0 saturated carbocycles. The third-order valence-corrected chi connectivity index (χ3v) is 4.71. The third kappa shape index (κ3) is 3.29. The minimum Gasteiger partial charge on any atom is -0.492 e. The largest absolute Gasteiger partial charge is 0.492 e. The Morgan fingerprint density at radius 2 is 2.08 bits per heavy atom. The minimum absolute atomic E-state index is 0.0723. The molecule has 1 aliphatic rings.